The van der Waals surface area contributed by atoms with Crippen LogP contribution in [0.2, 0.25) is 0 Å². The summed E-state index contributed by atoms with van der Waals surface area (Å²) in [5.41, 5.74) is 1.79. The third-order valence-corrected chi connectivity index (χ3v) is 3.71. The van der Waals surface area contributed by atoms with Crippen LogP contribution in [0, 0.1) is 6.92 Å². The molecule has 0 radical (unpaired) electrons. The van der Waals surface area contributed by atoms with Gasteiger partial charge < -0.3 is 10.6 Å². The van der Waals surface area contributed by atoms with Gasteiger partial charge in [-0.3, -0.25) is 9.88 Å². The zero-order chi connectivity index (χ0) is 17.6. The van der Waals surface area contributed by atoms with E-state index in [1.807, 2.05) is 32.0 Å². The minimum absolute atomic E-state index is 0. The molecule has 1 aromatic heterocycles. The van der Waals surface area contributed by atoms with Crippen LogP contribution in [-0.4, -0.2) is 54.2 Å². The zero-order valence-electron chi connectivity index (χ0n) is 14.4. The normalized spacial score (nSPS) is 18.8. The summed E-state index contributed by atoms with van der Waals surface area (Å²) in [5, 5.41) is 6.35. The molecule has 1 atom stereocenters. The molecule has 0 saturated carbocycles. The maximum absolute atomic E-state index is 12.5. The standard InChI is InChI=1S/C16H24F3N5.HI/c1-3-20-15(21-9-13-6-4-5-12(2)22-13)23-14-7-8-24(10-14)11-16(17,18)19;/h4-6,14H,3,7-11H2,1-2H3,(H2,20,21,23);1H. The van der Waals surface area contributed by atoms with Gasteiger partial charge in [0.25, 0.3) is 0 Å². The Kier molecular flexibility index (Phi) is 8.91. The fourth-order valence-corrected chi connectivity index (χ4v) is 2.71. The molecule has 2 N–H and O–H groups in total. The van der Waals surface area contributed by atoms with Crippen LogP contribution in [-0.2, 0) is 6.54 Å². The number of likely N-dealkylation sites (tertiary alicyclic amines) is 1. The van der Waals surface area contributed by atoms with Gasteiger partial charge in [0.05, 0.1) is 18.8 Å². The van der Waals surface area contributed by atoms with Crippen LogP contribution >= 0.6 is 24.0 Å². The highest BCUT2D eigenvalue weighted by Crippen LogP contribution is 2.19. The topological polar surface area (TPSA) is 52.6 Å². The maximum atomic E-state index is 12.5. The summed E-state index contributed by atoms with van der Waals surface area (Å²) in [4.78, 5) is 10.3. The Bertz CT molecular complexity index is 565. The number of aliphatic imine (C=N–C) groups is 1. The van der Waals surface area contributed by atoms with E-state index in [9.17, 15) is 13.2 Å². The van der Waals surface area contributed by atoms with E-state index in [1.165, 1.54) is 4.90 Å². The van der Waals surface area contributed by atoms with Gasteiger partial charge in [-0.2, -0.15) is 13.2 Å². The van der Waals surface area contributed by atoms with Crippen LogP contribution in [0.3, 0.4) is 0 Å². The summed E-state index contributed by atoms with van der Waals surface area (Å²) in [5.74, 6) is 0.611. The molecule has 1 aliphatic heterocycles. The van der Waals surface area contributed by atoms with Crippen LogP contribution < -0.4 is 10.6 Å². The fourth-order valence-electron chi connectivity index (χ4n) is 2.71. The number of hydrogen-bond donors (Lipinski definition) is 2. The van der Waals surface area contributed by atoms with Gasteiger partial charge in [0.15, 0.2) is 5.96 Å². The van der Waals surface area contributed by atoms with Gasteiger partial charge in [0.2, 0.25) is 0 Å². The molecule has 2 heterocycles. The van der Waals surface area contributed by atoms with Gasteiger partial charge in [0.1, 0.15) is 0 Å². The first kappa shape index (κ1) is 21.9. The van der Waals surface area contributed by atoms with Gasteiger partial charge in [-0.1, -0.05) is 6.07 Å². The van der Waals surface area contributed by atoms with E-state index in [2.05, 4.69) is 20.6 Å². The van der Waals surface area contributed by atoms with Gasteiger partial charge in [0, 0.05) is 31.4 Å². The van der Waals surface area contributed by atoms with Crippen molar-refractivity contribution >= 4 is 29.9 Å². The number of aryl methyl sites for hydroxylation is 1. The Labute approximate surface area is 163 Å². The van der Waals surface area contributed by atoms with E-state index in [-0.39, 0.29) is 30.0 Å². The number of guanidine groups is 1. The third-order valence-electron chi connectivity index (χ3n) is 3.71. The van der Waals surface area contributed by atoms with Gasteiger partial charge in [-0.25, -0.2) is 4.99 Å². The molecule has 25 heavy (non-hydrogen) atoms. The Morgan fingerprint density at radius 3 is 2.80 bits per heavy atom. The van der Waals surface area contributed by atoms with Crippen molar-refractivity contribution in [2.24, 2.45) is 4.99 Å². The summed E-state index contributed by atoms with van der Waals surface area (Å²) >= 11 is 0. The molecule has 5 nitrogen and oxygen atoms in total. The lowest BCUT2D eigenvalue weighted by molar-refractivity contribution is -0.143. The molecule has 1 aliphatic rings. The number of nitrogens with one attached hydrogen (secondary N) is 2. The van der Waals surface area contributed by atoms with Crippen molar-refractivity contribution in [1.29, 1.82) is 0 Å². The fraction of sp³-hybridized carbons (Fsp3) is 0.625. The molecule has 9 heteroatoms. The number of halogens is 4. The molecule has 1 saturated heterocycles. The Balaban J connectivity index is 0.00000312. The number of rotatable bonds is 5. The number of pyridine rings is 1. The molecule has 1 aromatic rings. The van der Waals surface area contributed by atoms with Crippen LogP contribution in [0.5, 0.6) is 0 Å². The lowest BCUT2D eigenvalue weighted by Crippen LogP contribution is -2.45. The average Bonchev–Trinajstić information content (AvgIpc) is 2.90. The van der Waals surface area contributed by atoms with Crippen LogP contribution in [0.4, 0.5) is 13.2 Å². The quantitative estimate of drug-likeness (QED) is 0.394. The Hall–Kier alpha value is -1.10. The second-order valence-corrected chi connectivity index (χ2v) is 5.95. The largest absolute Gasteiger partial charge is 0.401 e. The first-order valence-corrected chi connectivity index (χ1v) is 8.12. The molecular formula is C16H25F3IN5. The summed E-state index contributed by atoms with van der Waals surface area (Å²) in [6.07, 6.45) is -3.48. The van der Waals surface area contributed by atoms with Gasteiger partial charge in [-0.15, -0.1) is 24.0 Å². The van der Waals surface area contributed by atoms with Crippen molar-refractivity contribution in [1.82, 2.24) is 20.5 Å². The number of alkyl halides is 3. The van der Waals surface area contributed by atoms with Crippen molar-refractivity contribution in [2.75, 3.05) is 26.2 Å². The molecule has 0 amide bonds. The summed E-state index contributed by atoms with van der Waals surface area (Å²) in [7, 11) is 0. The van der Waals surface area contributed by atoms with Crippen molar-refractivity contribution in [2.45, 2.75) is 39.0 Å². The van der Waals surface area contributed by atoms with E-state index in [1.54, 1.807) is 0 Å². The Morgan fingerprint density at radius 1 is 1.40 bits per heavy atom. The smallest absolute Gasteiger partial charge is 0.357 e. The highest BCUT2D eigenvalue weighted by Gasteiger charge is 2.34. The van der Waals surface area contributed by atoms with E-state index in [4.69, 9.17) is 0 Å². The number of aromatic nitrogens is 1. The first-order valence-electron chi connectivity index (χ1n) is 8.12. The van der Waals surface area contributed by atoms with Crippen LogP contribution in [0.15, 0.2) is 23.2 Å². The monoisotopic (exact) mass is 471 g/mol. The van der Waals surface area contributed by atoms with E-state index in [0.29, 0.717) is 38.6 Å². The predicted molar refractivity (Wildman–Crippen MR) is 103 cm³/mol. The van der Waals surface area contributed by atoms with Crippen LogP contribution in [0.1, 0.15) is 24.7 Å². The van der Waals surface area contributed by atoms with E-state index >= 15 is 0 Å². The molecule has 0 bridgehead atoms. The van der Waals surface area contributed by atoms with Crippen molar-refractivity contribution in [3.63, 3.8) is 0 Å². The Morgan fingerprint density at radius 2 is 2.16 bits per heavy atom. The van der Waals surface area contributed by atoms with Crippen molar-refractivity contribution < 1.29 is 13.2 Å². The predicted octanol–water partition coefficient (Wildman–Crippen LogP) is 2.70. The van der Waals surface area contributed by atoms with E-state index < -0.39 is 12.7 Å². The first-order chi connectivity index (χ1) is 11.4. The van der Waals surface area contributed by atoms with Gasteiger partial charge in [-0.05, 0) is 32.4 Å². The van der Waals surface area contributed by atoms with Gasteiger partial charge >= 0.3 is 6.18 Å². The lowest BCUT2D eigenvalue weighted by Gasteiger charge is -2.19. The highest BCUT2D eigenvalue weighted by molar-refractivity contribution is 14.0. The molecule has 2 rings (SSSR count). The molecule has 1 unspecified atom stereocenters. The summed E-state index contributed by atoms with van der Waals surface area (Å²) < 4.78 is 37.4. The highest BCUT2D eigenvalue weighted by atomic mass is 127. The second kappa shape index (κ2) is 10.1. The zero-order valence-corrected chi connectivity index (χ0v) is 16.8. The van der Waals surface area contributed by atoms with E-state index in [0.717, 1.165) is 11.4 Å². The summed E-state index contributed by atoms with van der Waals surface area (Å²) in [6, 6.07) is 5.72. The second-order valence-electron chi connectivity index (χ2n) is 5.95. The molecule has 0 aromatic carbocycles. The number of hydrogen-bond acceptors (Lipinski definition) is 3. The molecule has 0 aliphatic carbocycles. The van der Waals surface area contributed by atoms with Crippen LogP contribution in [0.25, 0.3) is 0 Å². The summed E-state index contributed by atoms with van der Waals surface area (Å²) in [6.45, 7) is 4.94. The minimum atomic E-state index is -4.15. The molecule has 1 fully saturated rings. The van der Waals surface area contributed by atoms with Crippen molar-refractivity contribution in [3.8, 4) is 0 Å². The molecule has 142 valence electrons. The number of nitrogens with zero attached hydrogens (tertiary/aromatic N) is 3. The third kappa shape index (κ3) is 8.21. The molecule has 0 spiro atoms. The minimum Gasteiger partial charge on any atom is -0.357 e. The molecular weight excluding hydrogens is 446 g/mol. The lowest BCUT2D eigenvalue weighted by atomic mass is 10.3. The maximum Gasteiger partial charge on any atom is 0.401 e. The van der Waals surface area contributed by atoms with Crippen molar-refractivity contribution in [3.05, 3.63) is 29.6 Å². The SMILES string of the molecule is CCNC(=NCc1cccc(C)n1)NC1CCN(CC(F)(F)F)C1.I. The average molecular weight is 471 g/mol.